The Morgan fingerprint density at radius 3 is 2.81 bits per heavy atom. The van der Waals surface area contributed by atoms with Gasteiger partial charge < -0.3 is 4.74 Å². The minimum Gasteiger partial charge on any atom is -0.377 e. The lowest BCUT2D eigenvalue weighted by atomic mass is 9.70. The molecule has 0 unspecified atom stereocenters. The molecule has 4 atom stereocenters. The number of ketones is 1. The molecule has 0 saturated heterocycles. The number of rotatable bonds is 2. The molecule has 2 saturated carbocycles. The van der Waals surface area contributed by atoms with Gasteiger partial charge in [0, 0.05) is 13.0 Å². The van der Waals surface area contributed by atoms with Crippen molar-refractivity contribution in [1.82, 2.24) is 0 Å². The van der Waals surface area contributed by atoms with E-state index < -0.39 is 0 Å². The van der Waals surface area contributed by atoms with Crippen molar-refractivity contribution in [2.24, 2.45) is 17.3 Å². The van der Waals surface area contributed by atoms with Gasteiger partial charge in [-0.3, -0.25) is 4.79 Å². The standard InChI is InChI=1S/C14H24O2/c1-4-16-13-9-8-11-10(2)6-5-7-12(15)14(11,13)3/h10-11,13H,4-9H2,1-3H3/t10-,11-,13+,14+/m0/s1. The largest absolute Gasteiger partial charge is 0.377 e. The minimum atomic E-state index is -0.189. The van der Waals surface area contributed by atoms with Crippen LogP contribution in [0.15, 0.2) is 0 Å². The van der Waals surface area contributed by atoms with E-state index in [0.29, 0.717) is 17.6 Å². The Balaban J connectivity index is 2.27. The number of carbonyl (C=O) groups is 1. The average molecular weight is 224 g/mol. The molecular formula is C14H24O2. The molecule has 0 radical (unpaired) electrons. The fourth-order valence-corrected chi connectivity index (χ4v) is 3.94. The highest BCUT2D eigenvalue weighted by atomic mass is 16.5. The van der Waals surface area contributed by atoms with Crippen LogP contribution >= 0.6 is 0 Å². The van der Waals surface area contributed by atoms with Crippen LogP contribution in [0.4, 0.5) is 0 Å². The van der Waals surface area contributed by atoms with Crippen molar-refractivity contribution in [3.63, 3.8) is 0 Å². The number of hydrogen-bond donors (Lipinski definition) is 0. The highest BCUT2D eigenvalue weighted by Gasteiger charge is 2.54. The summed E-state index contributed by atoms with van der Waals surface area (Å²) >= 11 is 0. The summed E-state index contributed by atoms with van der Waals surface area (Å²) in [5.41, 5.74) is -0.189. The van der Waals surface area contributed by atoms with Crippen LogP contribution < -0.4 is 0 Å². The molecule has 2 rings (SSSR count). The Bertz CT molecular complexity index is 274. The zero-order valence-electron chi connectivity index (χ0n) is 10.8. The number of hydrogen-bond acceptors (Lipinski definition) is 2. The summed E-state index contributed by atoms with van der Waals surface area (Å²) in [6.07, 6.45) is 5.48. The summed E-state index contributed by atoms with van der Waals surface area (Å²) in [6.45, 7) is 7.24. The first kappa shape index (κ1) is 12.1. The summed E-state index contributed by atoms with van der Waals surface area (Å²) in [6, 6.07) is 0. The molecule has 0 spiro atoms. The van der Waals surface area contributed by atoms with Gasteiger partial charge in [0.1, 0.15) is 5.78 Å². The monoisotopic (exact) mass is 224 g/mol. The highest BCUT2D eigenvalue weighted by Crippen LogP contribution is 2.52. The van der Waals surface area contributed by atoms with E-state index in [1.54, 1.807) is 0 Å². The maximum absolute atomic E-state index is 12.4. The van der Waals surface area contributed by atoms with Crippen molar-refractivity contribution in [2.45, 2.75) is 59.0 Å². The predicted molar refractivity (Wildman–Crippen MR) is 64.3 cm³/mol. The van der Waals surface area contributed by atoms with Crippen molar-refractivity contribution in [3.05, 3.63) is 0 Å². The van der Waals surface area contributed by atoms with Crippen LogP contribution in [0.1, 0.15) is 52.9 Å². The van der Waals surface area contributed by atoms with Crippen LogP contribution in [-0.4, -0.2) is 18.5 Å². The molecule has 0 aromatic carbocycles. The summed E-state index contributed by atoms with van der Waals surface area (Å²) in [5, 5.41) is 0. The third-order valence-electron chi connectivity index (χ3n) is 4.90. The topological polar surface area (TPSA) is 26.3 Å². The zero-order valence-corrected chi connectivity index (χ0v) is 10.8. The summed E-state index contributed by atoms with van der Waals surface area (Å²) in [7, 11) is 0. The van der Waals surface area contributed by atoms with E-state index in [1.807, 2.05) is 6.92 Å². The highest BCUT2D eigenvalue weighted by molar-refractivity contribution is 5.86. The molecule has 2 aliphatic rings. The summed E-state index contributed by atoms with van der Waals surface area (Å²) in [5.74, 6) is 1.69. The second-order valence-corrected chi connectivity index (χ2v) is 5.70. The Hall–Kier alpha value is -0.370. The van der Waals surface area contributed by atoms with Gasteiger partial charge in [-0.25, -0.2) is 0 Å². The van der Waals surface area contributed by atoms with Gasteiger partial charge in [-0.1, -0.05) is 6.92 Å². The van der Waals surface area contributed by atoms with Gasteiger partial charge in [0.2, 0.25) is 0 Å². The van der Waals surface area contributed by atoms with Gasteiger partial charge in [0.15, 0.2) is 0 Å². The third kappa shape index (κ3) is 1.71. The first-order valence-corrected chi connectivity index (χ1v) is 6.75. The quantitative estimate of drug-likeness (QED) is 0.720. The summed E-state index contributed by atoms with van der Waals surface area (Å²) in [4.78, 5) is 12.4. The van der Waals surface area contributed by atoms with Crippen LogP contribution in [-0.2, 0) is 9.53 Å². The first-order valence-electron chi connectivity index (χ1n) is 6.75. The fraction of sp³-hybridized carbons (Fsp3) is 0.929. The molecule has 2 fully saturated rings. The van der Waals surface area contributed by atoms with Crippen LogP contribution in [0.25, 0.3) is 0 Å². The predicted octanol–water partition coefficient (Wildman–Crippen LogP) is 3.20. The lowest BCUT2D eigenvalue weighted by molar-refractivity contribution is -0.138. The van der Waals surface area contributed by atoms with E-state index >= 15 is 0 Å². The van der Waals surface area contributed by atoms with E-state index in [2.05, 4.69) is 13.8 Å². The SMILES string of the molecule is CCO[C@@H]1CC[C@H]2[C@@H](C)CCCC(=O)[C@]12C. The van der Waals surface area contributed by atoms with Crippen molar-refractivity contribution >= 4 is 5.78 Å². The molecule has 0 N–H and O–H groups in total. The van der Waals surface area contributed by atoms with Crippen molar-refractivity contribution in [1.29, 1.82) is 0 Å². The van der Waals surface area contributed by atoms with Crippen molar-refractivity contribution in [2.75, 3.05) is 6.61 Å². The lowest BCUT2D eigenvalue weighted by Gasteiger charge is -2.36. The fourth-order valence-electron chi connectivity index (χ4n) is 3.94. The molecule has 0 heterocycles. The number of carbonyl (C=O) groups excluding carboxylic acids is 1. The summed E-state index contributed by atoms with van der Waals surface area (Å²) < 4.78 is 5.83. The number of ether oxygens (including phenoxy) is 1. The first-order chi connectivity index (χ1) is 7.60. The minimum absolute atomic E-state index is 0.176. The molecule has 2 nitrogen and oxygen atoms in total. The Labute approximate surface area is 98.7 Å². The zero-order chi connectivity index (χ0) is 11.8. The van der Waals surface area contributed by atoms with Crippen molar-refractivity contribution in [3.8, 4) is 0 Å². The molecule has 0 aromatic rings. The van der Waals surface area contributed by atoms with Crippen molar-refractivity contribution < 1.29 is 9.53 Å². The van der Waals surface area contributed by atoms with E-state index in [1.165, 1.54) is 12.8 Å². The molecule has 0 aliphatic heterocycles. The molecule has 0 aromatic heterocycles. The second-order valence-electron chi connectivity index (χ2n) is 5.70. The van der Waals surface area contributed by atoms with E-state index in [9.17, 15) is 4.79 Å². The van der Waals surface area contributed by atoms with Crippen LogP contribution in [0.2, 0.25) is 0 Å². The molecule has 2 heteroatoms. The van der Waals surface area contributed by atoms with Crippen LogP contribution in [0.5, 0.6) is 0 Å². The smallest absolute Gasteiger partial charge is 0.141 e. The maximum atomic E-state index is 12.4. The van der Waals surface area contributed by atoms with Gasteiger partial charge in [-0.15, -0.1) is 0 Å². The number of fused-ring (bicyclic) bond motifs is 1. The molecule has 0 amide bonds. The van der Waals surface area contributed by atoms with Crippen LogP contribution in [0, 0.1) is 17.3 Å². The molecule has 16 heavy (non-hydrogen) atoms. The van der Waals surface area contributed by atoms with Gasteiger partial charge in [-0.05, 0) is 51.4 Å². The van der Waals surface area contributed by atoms with Gasteiger partial charge in [0.05, 0.1) is 11.5 Å². The lowest BCUT2D eigenvalue weighted by Crippen LogP contribution is -2.42. The van der Waals surface area contributed by atoms with E-state index in [4.69, 9.17) is 4.74 Å². The number of Topliss-reactive ketones (excluding diaryl/α,β-unsaturated/α-hetero) is 1. The van der Waals surface area contributed by atoms with Gasteiger partial charge in [0.25, 0.3) is 0 Å². The second kappa shape index (κ2) is 4.48. The maximum Gasteiger partial charge on any atom is 0.141 e. The normalized spacial score (nSPS) is 44.2. The van der Waals surface area contributed by atoms with E-state index in [0.717, 1.165) is 25.9 Å². The average Bonchev–Trinajstić information content (AvgIpc) is 2.53. The molecule has 0 bridgehead atoms. The Morgan fingerprint density at radius 1 is 1.38 bits per heavy atom. The Kier molecular flexibility index (Phi) is 3.39. The Morgan fingerprint density at radius 2 is 2.12 bits per heavy atom. The molecular weight excluding hydrogens is 200 g/mol. The molecule has 92 valence electrons. The van der Waals surface area contributed by atoms with Crippen LogP contribution in [0.3, 0.4) is 0 Å². The van der Waals surface area contributed by atoms with Gasteiger partial charge >= 0.3 is 0 Å². The molecule has 2 aliphatic carbocycles. The van der Waals surface area contributed by atoms with Gasteiger partial charge in [-0.2, -0.15) is 0 Å². The third-order valence-corrected chi connectivity index (χ3v) is 4.90. The van der Waals surface area contributed by atoms with E-state index in [-0.39, 0.29) is 11.5 Å².